The molecule has 3 nitrogen and oxygen atoms in total. The molecule has 1 N–H and O–H groups in total. The number of hydrogen-bond acceptors (Lipinski definition) is 2. The summed E-state index contributed by atoms with van der Waals surface area (Å²) in [7, 11) is 0. The van der Waals surface area contributed by atoms with Crippen LogP contribution in [0.5, 0.6) is 0 Å². The van der Waals surface area contributed by atoms with Gasteiger partial charge in [-0.15, -0.1) is 0 Å². The molecule has 0 aliphatic heterocycles. The van der Waals surface area contributed by atoms with Gasteiger partial charge in [-0.05, 0) is 23.8 Å². The first-order chi connectivity index (χ1) is 7.70. The molecule has 82 valence electrons. The molecular formula is C12H11BrN2O. The van der Waals surface area contributed by atoms with Crippen molar-refractivity contribution in [3.05, 3.63) is 35.9 Å². The van der Waals surface area contributed by atoms with Crippen LogP contribution in [-0.2, 0) is 10.1 Å². The predicted molar refractivity (Wildman–Crippen MR) is 68.7 cm³/mol. The van der Waals surface area contributed by atoms with E-state index >= 15 is 0 Å². The molecule has 0 saturated carbocycles. The van der Waals surface area contributed by atoms with Crippen LogP contribution in [0.4, 0.5) is 5.82 Å². The number of halogens is 1. The molecule has 0 aliphatic rings. The summed E-state index contributed by atoms with van der Waals surface area (Å²) in [6.07, 6.45) is 0. The van der Waals surface area contributed by atoms with Gasteiger partial charge in [0.2, 0.25) is 5.91 Å². The van der Waals surface area contributed by atoms with Gasteiger partial charge >= 0.3 is 0 Å². The van der Waals surface area contributed by atoms with Crippen LogP contribution in [0.15, 0.2) is 30.3 Å². The summed E-state index contributed by atoms with van der Waals surface area (Å²) in [5.74, 6) is 0.482. The van der Waals surface area contributed by atoms with Crippen LogP contribution >= 0.6 is 15.9 Å². The number of alkyl halides is 1. The molecule has 2 aromatic rings. The van der Waals surface area contributed by atoms with E-state index < -0.39 is 0 Å². The number of nitrogens with zero attached hydrogens (tertiary/aromatic N) is 1. The molecule has 0 saturated heterocycles. The summed E-state index contributed by atoms with van der Waals surface area (Å²) >= 11 is 3.44. The van der Waals surface area contributed by atoms with E-state index in [0.29, 0.717) is 5.82 Å². The van der Waals surface area contributed by atoms with Gasteiger partial charge in [0.1, 0.15) is 5.82 Å². The fraction of sp³-hybridized carbons (Fsp3) is 0.167. The van der Waals surface area contributed by atoms with Crippen LogP contribution in [0.2, 0.25) is 0 Å². The average Bonchev–Trinajstić information content (AvgIpc) is 2.27. The summed E-state index contributed by atoms with van der Waals surface area (Å²) in [5, 5.41) is 4.57. The summed E-state index contributed by atoms with van der Waals surface area (Å²) in [5.41, 5.74) is 2.09. The fourth-order valence-corrected chi connectivity index (χ4v) is 2.07. The summed E-state index contributed by atoms with van der Waals surface area (Å²) in [4.78, 5) is 15.3. The van der Waals surface area contributed by atoms with Gasteiger partial charge < -0.3 is 5.32 Å². The first-order valence-electron chi connectivity index (χ1n) is 4.93. The highest BCUT2D eigenvalue weighted by Gasteiger charge is 2.02. The quantitative estimate of drug-likeness (QED) is 0.858. The van der Waals surface area contributed by atoms with Gasteiger partial charge in [0.15, 0.2) is 0 Å². The van der Waals surface area contributed by atoms with Gasteiger partial charge in [0.05, 0.1) is 5.52 Å². The Morgan fingerprint density at radius 3 is 2.88 bits per heavy atom. The number of amides is 1. The minimum absolute atomic E-state index is 0.108. The Balaban J connectivity index is 2.51. The SMILES string of the molecule is CC(=O)Nc1ccc2c(CBr)cccc2n1. The van der Waals surface area contributed by atoms with Crippen molar-refractivity contribution in [3.63, 3.8) is 0 Å². The molecule has 0 bridgehead atoms. The number of benzene rings is 1. The van der Waals surface area contributed by atoms with Crippen LogP contribution in [0.25, 0.3) is 10.9 Å². The van der Waals surface area contributed by atoms with Crippen LogP contribution in [0.3, 0.4) is 0 Å². The van der Waals surface area contributed by atoms with Crippen LogP contribution in [0, 0.1) is 0 Å². The maximum Gasteiger partial charge on any atom is 0.222 e. The van der Waals surface area contributed by atoms with Gasteiger partial charge in [0, 0.05) is 17.6 Å². The predicted octanol–water partition coefficient (Wildman–Crippen LogP) is 3.09. The lowest BCUT2D eigenvalue weighted by Crippen LogP contribution is -2.07. The molecule has 1 heterocycles. The number of nitrogens with one attached hydrogen (secondary N) is 1. The number of anilines is 1. The second-order valence-electron chi connectivity index (χ2n) is 3.50. The van der Waals surface area contributed by atoms with Crippen molar-refractivity contribution in [1.29, 1.82) is 0 Å². The van der Waals surface area contributed by atoms with E-state index in [2.05, 4.69) is 32.3 Å². The zero-order chi connectivity index (χ0) is 11.5. The van der Waals surface area contributed by atoms with Crippen LogP contribution < -0.4 is 5.32 Å². The normalized spacial score (nSPS) is 10.4. The van der Waals surface area contributed by atoms with E-state index in [1.807, 2.05) is 24.3 Å². The van der Waals surface area contributed by atoms with Crippen LogP contribution in [-0.4, -0.2) is 10.9 Å². The lowest BCUT2D eigenvalue weighted by atomic mass is 10.1. The Bertz CT molecular complexity index is 540. The third-order valence-electron chi connectivity index (χ3n) is 2.27. The number of pyridine rings is 1. The molecule has 0 unspecified atom stereocenters. The number of rotatable bonds is 2. The second kappa shape index (κ2) is 4.61. The van der Waals surface area contributed by atoms with Gasteiger partial charge in [0.25, 0.3) is 0 Å². The maximum atomic E-state index is 10.9. The molecule has 0 atom stereocenters. The van der Waals surface area contributed by atoms with Crippen molar-refractivity contribution in [2.24, 2.45) is 0 Å². The fourth-order valence-electron chi connectivity index (χ4n) is 1.59. The topological polar surface area (TPSA) is 42.0 Å². The Hall–Kier alpha value is -1.42. The highest BCUT2D eigenvalue weighted by Crippen LogP contribution is 2.21. The van der Waals surface area contributed by atoms with Crippen molar-refractivity contribution in [2.45, 2.75) is 12.3 Å². The molecule has 4 heteroatoms. The minimum Gasteiger partial charge on any atom is -0.311 e. The molecule has 0 fully saturated rings. The van der Waals surface area contributed by atoms with Gasteiger partial charge in [-0.25, -0.2) is 4.98 Å². The van der Waals surface area contributed by atoms with Gasteiger partial charge in [-0.1, -0.05) is 28.1 Å². The first-order valence-corrected chi connectivity index (χ1v) is 6.05. The third-order valence-corrected chi connectivity index (χ3v) is 2.87. The zero-order valence-electron chi connectivity index (χ0n) is 8.83. The maximum absolute atomic E-state index is 10.9. The van der Waals surface area contributed by atoms with Crippen molar-refractivity contribution in [1.82, 2.24) is 4.98 Å². The third kappa shape index (κ3) is 2.22. The Morgan fingerprint density at radius 2 is 2.19 bits per heavy atom. The van der Waals surface area contributed by atoms with E-state index in [0.717, 1.165) is 16.2 Å². The number of fused-ring (bicyclic) bond motifs is 1. The van der Waals surface area contributed by atoms with Crippen molar-refractivity contribution in [3.8, 4) is 0 Å². The Labute approximate surface area is 102 Å². The lowest BCUT2D eigenvalue weighted by molar-refractivity contribution is -0.114. The average molecular weight is 279 g/mol. The lowest BCUT2D eigenvalue weighted by Gasteiger charge is -2.05. The van der Waals surface area contributed by atoms with E-state index in [1.165, 1.54) is 12.5 Å². The molecule has 0 radical (unpaired) electrons. The standard InChI is InChI=1S/C12H11BrN2O/c1-8(16)14-12-6-5-10-9(7-13)3-2-4-11(10)15-12/h2-6H,7H2,1H3,(H,14,15,16). The summed E-state index contributed by atoms with van der Waals surface area (Å²) in [6.45, 7) is 1.47. The molecule has 16 heavy (non-hydrogen) atoms. The zero-order valence-corrected chi connectivity index (χ0v) is 10.4. The van der Waals surface area contributed by atoms with Crippen LogP contribution in [0.1, 0.15) is 12.5 Å². The molecule has 1 aromatic carbocycles. The van der Waals surface area contributed by atoms with Crippen molar-refractivity contribution in [2.75, 3.05) is 5.32 Å². The number of aromatic nitrogens is 1. The smallest absolute Gasteiger partial charge is 0.222 e. The highest BCUT2D eigenvalue weighted by atomic mass is 79.9. The Kier molecular flexibility index (Phi) is 3.19. The Morgan fingerprint density at radius 1 is 1.38 bits per heavy atom. The number of carbonyl (C=O) groups is 1. The van der Waals surface area contributed by atoms with Gasteiger partial charge in [-0.3, -0.25) is 4.79 Å². The molecular weight excluding hydrogens is 268 g/mol. The first kappa shape index (κ1) is 11.1. The molecule has 1 amide bonds. The number of hydrogen-bond donors (Lipinski definition) is 1. The van der Waals surface area contributed by atoms with E-state index in [4.69, 9.17) is 0 Å². The molecule has 0 spiro atoms. The summed E-state index contributed by atoms with van der Waals surface area (Å²) in [6, 6.07) is 9.74. The van der Waals surface area contributed by atoms with Crippen molar-refractivity contribution >= 4 is 38.6 Å². The van der Waals surface area contributed by atoms with E-state index in [9.17, 15) is 4.79 Å². The van der Waals surface area contributed by atoms with Crippen molar-refractivity contribution < 1.29 is 4.79 Å². The second-order valence-corrected chi connectivity index (χ2v) is 4.06. The molecule has 1 aromatic heterocycles. The largest absolute Gasteiger partial charge is 0.311 e. The molecule has 2 rings (SSSR count). The van der Waals surface area contributed by atoms with E-state index in [-0.39, 0.29) is 5.91 Å². The number of carbonyl (C=O) groups excluding carboxylic acids is 1. The minimum atomic E-state index is -0.108. The summed E-state index contributed by atoms with van der Waals surface area (Å²) < 4.78 is 0. The van der Waals surface area contributed by atoms with E-state index in [1.54, 1.807) is 0 Å². The molecule has 0 aliphatic carbocycles. The van der Waals surface area contributed by atoms with Gasteiger partial charge in [-0.2, -0.15) is 0 Å². The highest BCUT2D eigenvalue weighted by molar-refractivity contribution is 9.08. The monoisotopic (exact) mass is 278 g/mol.